The molecule has 1 amide bonds. The summed E-state index contributed by atoms with van der Waals surface area (Å²) in [6.45, 7) is 8.40. The molecular weight excluding hydrogens is 342 g/mol. The van der Waals surface area contributed by atoms with Crippen molar-refractivity contribution in [1.82, 2.24) is 25.2 Å². The van der Waals surface area contributed by atoms with Crippen molar-refractivity contribution in [1.29, 1.82) is 0 Å². The molecule has 1 unspecified atom stereocenters. The normalized spacial score (nSPS) is 16.4. The Morgan fingerprint density at radius 2 is 1.89 bits per heavy atom. The highest BCUT2D eigenvalue weighted by Gasteiger charge is 2.27. The van der Waals surface area contributed by atoms with Crippen LogP contribution in [0.2, 0.25) is 0 Å². The minimum Gasteiger partial charge on any atom is -0.379 e. The number of carbonyl (C=O) groups excluding carboxylic acids is 1. The van der Waals surface area contributed by atoms with Crippen LogP contribution in [0.3, 0.4) is 0 Å². The Bertz CT molecular complexity index is 708. The maximum Gasteiger partial charge on any atom is 0.273 e. The van der Waals surface area contributed by atoms with E-state index in [-0.39, 0.29) is 5.91 Å². The smallest absolute Gasteiger partial charge is 0.273 e. The fraction of sp³-hybridized carbons (Fsp3) is 0.550. The van der Waals surface area contributed by atoms with E-state index in [0.717, 1.165) is 44.8 Å². The van der Waals surface area contributed by atoms with E-state index in [1.807, 2.05) is 30.3 Å². The van der Waals surface area contributed by atoms with Gasteiger partial charge in [0.25, 0.3) is 5.91 Å². The lowest BCUT2D eigenvalue weighted by Gasteiger charge is -2.38. The molecule has 7 nitrogen and oxygen atoms in total. The molecule has 1 fully saturated rings. The second-order valence-corrected chi connectivity index (χ2v) is 6.89. The fourth-order valence-corrected chi connectivity index (χ4v) is 3.70. The first-order valence-corrected chi connectivity index (χ1v) is 9.80. The minimum atomic E-state index is -0.179. The highest BCUT2D eigenvalue weighted by atomic mass is 16.5. The van der Waals surface area contributed by atoms with Crippen molar-refractivity contribution in [2.24, 2.45) is 5.92 Å². The molecule has 146 valence electrons. The van der Waals surface area contributed by atoms with Crippen molar-refractivity contribution in [2.45, 2.75) is 32.7 Å². The van der Waals surface area contributed by atoms with Gasteiger partial charge in [-0.15, -0.1) is 5.10 Å². The van der Waals surface area contributed by atoms with Gasteiger partial charge in [0, 0.05) is 25.7 Å². The monoisotopic (exact) mass is 371 g/mol. The minimum absolute atomic E-state index is 0.179. The van der Waals surface area contributed by atoms with Gasteiger partial charge in [0.1, 0.15) is 0 Å². The number of benzene rings is 1. The van der Waals surface area contributed by atoms with E-state index in [2.05, 4.69) is 34.4 Å². The molecule has 1 atom stereocenters. The Balaban J connectivity index is 1.64. The molecule has 0 aliphatic carbocycles. The number of amides is 1. The lowest BCUT2D eigenvalue weighted by atomic mass is 9.92. The molecule has 1 aliphatic rings. The Hall–Kier alpha value is -2.25. The van der Waals surface area contributed by atoms with Gasteiger partial charge in [-0.25, -0.2) is 4.68 Å². The first kappa shape index (κ1) is 19.5. The van der Waals surface area contributed by atoms with Gasteiger partial charge in [-0.3, -0.25) is 9.69 Å². The van der Waals surface area contributed by atoms with Crippen LogP contribution in [0.5, 0.6) is 0 Å². The van der Waals surface area contributed by atoms with Gasteiger partial charge in [0.15, 0.2) is 5.69 Å². The molecule has 27 heavy (non-hydrogen) atoms. The van der Waals surface area contributed by atoms with Gasteiger partial charge >= 0.3 is 0 Å². The van der Waals surface area contributed by atoms with Crippen molar-refractivity contribution in [3.8, 4) is 5.69 Å². The average molecular weight is 371 g/mol. The SMILES string of the molecule is CCC(CC)C(CNC(=O)c1cn(-c2ccccc2)nn1)N1CCOCC1. The fourth-order valence-electron chi connectivity index (χ4n) is 3.70. The Morgan fingerprint density at radius 3 is 2.56 bits per heavy atom. The molecular formula is C20H29N5O2. The molecule has 2 aromatic rings. The lowest BCUT2D eigenvalue weighted by Crippen LogP contribution is -2.52. The number of hydrogen-bond acceptors (Lipinski definition) is 5. The summed E-state index contributed by atoms with van der Waals surface area (Å²) in [6.07, 6.45) is 3.86. The molecule has 2 heterocycles. The second-order valence-electron chi connectivity index (χ2n) is 6.89. The maximum absolute atomic E-state index is 12.6. The first-order valence-electron chi connectivity index (χ1n) is 9.80. The zero-order valence-electron chi connectivity index (χ0n) is 16.2. The van der Waals surface area contributed by atoms with E-state index in [9.17, 15) is 4.79 Å². The molecule has 1 aromatic carbocycles. The molecule has 1 saturated heterocycles. The number of aromatic nitrogens is 3. The van der Waals surface area contributed by atoms with Crippen LogP contribution in [0.1, 0.15) is 37.2 Å². The number of morpholine rings is 1. The molecule has 1 N–H and O–H groups in total. The molecule has 1 aliphatic heterocycles. The zero-order chi connectivity index (χ0) is 19.1. The topological polar surface area (TPSA) is 72.3 Å². The van der Waals surface area contributed by atoms with Crippen LogP contribution in [0, 0.1) is 5.92 Å². The summed E-state index contributed by atoms with van der Waals surface area (Å²) in [6, 6.07) is 9.98. The van der Waals surface area contributed by atoms with E-state index >= 15 is 0 Å². The summed E-state index contributed by atoms with van der Waals surface area (Å²) in [7, 11) is 0. The highest BCUT2D eigenvalue weighted by Crippen LogP contribution is 2.19. The summed E-state index contributed by atoms with van der Waals surface area (Å²) in [5.41, 5.74) is 1.22. The van der Waals surface area contributed by atoms with Crippen molar-refractivity contribution >= 4 is 5.91 Å². The molecule has 7 heteroatoms. The summed E-state index contributed by atoms with van der Waals surface area (Å²) >= 11 is 0. The summed E-state index contributed by atoms with van der Waals surface area (Å²) in [5.74, 6) is 0.366. The third-order valence-electron chi connectivity index (χ3n) is 5.33. The molecule has 1 aromatic heterocycles. The van der Waals surface area contributed by atoms with Gasteiger partial charge in [-0.05, 0) is 18.1 Å². The van der Waals surface area contributed by atoms with E-state index in [4.69, 9.17) is 4.74 Å². The third-order valence-corrected chi connectivity index (χ3v) is 5.33. The van der Waals surface area contributed by atoms with E-state index in [0.29, 0.717) is 24.2 Å². The largest absolute Gasteiger partial charge is 0.379 e. The number of nitrogens with zero attached hydrogens (tertiary/aromatic N) is 4. The third kappa shape index (κ3) is 4.93. The maximum atomic E-state index is 12.6. The summed E-state index contributed by atoms with van der Waals surface area (Å²) in [4.78, 5) is 15.1. The number of rotatable bonds is 8. The van der Waals surface area contributed by atoms with E-state index in [1.165, 1.54) is 0 Å². The first-order chi connectivity index (χ1) is 13.2. The number of hydrogen-bond donors (Lipinski definition) is 1. The molecule has 0 bridgehead atoms. The predicted octanol–water partition coefficient (Wildman–Crippen LogP) is 2.13. The highest BCUT2D eigenvalue weighted by molar-refractivity contribution is 5.91. The van der Waals surface area contributed by atoms with Gasteiger partial charge < -0.3 is 10.1 Å². The molecule has 0 radical (unpaired) electrons. The van der Waals surface area contributed by atoms with Crippen LogP contribution in [0.25, 0.3) is 5.69 Å². The number of ether oxygens (including phenoxy) is 1. The predicted molar refractivity (Wildman–Crippen MR) is 104 cm³/mol. The molecule has 3 rings (SSSR count). The van der Waals surface area contributed by atoms with Crippen molar-refractivity contribution < 1.29 is 9.53 Å². The van der Waals surface area contributed by atoms with Crippen LogP contribution in [-0.4, -0.2) is 64.7 Å². The molecule has 0 spiro atoms. The summed E-state index contributed by atoms with van der Waals surface area (Å²) < 4.78 is 7.11. The van der Waals surface area contributed by atoms with Crippen LogP contribution in [-0.2, 0) is 4.74 Å². The lowest BCUT2D eigenvalue weighted by molar-refractivity contribution is 0.00190. The zero-order valence-corrected chi connectivity index (χ0v) is 16.2. The summed E-state index contributed by atoms with van der Waals surface area (Å²) in [5, 5.41) is 11.2. The van der Waals surface area contributed by atoms with Crippen molar-refractivity contribution in [2.75, 3.05) is 32.8 Å². The average Bonchev–Trinajstić information content (AvgIpc) is 3.22. The Morgan fingerprint density at radius 1 is 1.19 bits per heavy atom. The van der Waals surface area contributed by atoms with Crippen LogP contribution in [0.15, 0.2) is 36.5 Å². The number of para-hydroxylation sites is 1. The van der Waals surface area contributed by atoms with Crippen LogP contribution in [0.4, 0.5) is 0 Å². The van der Waals surface area contributed by atoms with Crippen molar-refractivity contribution in [3.05, 3.63) is 42.2 Å². The van der Waals surface area contributed by atoms with Gasteiger partial charge in [0.2, 0.25) is 0 Å². The van der Waals surface area contributed by atoms with Gasteiger partial charge in [-0.2, -0.15) is 0 Å². The van der Waals surface area contributed by atoms with Crippen molar-refractivity contribution in [3.63, 3.8) is 0 Å². The quantitative estimate of drug-likeness (QED) is 0.770. The van der Waals surface area contributed by atoms with E-state index in [1.54, 1.807) is 10.9 Å². The van der Waals surface area contributed by atoms with Crippen LogP contribution >= 0.6 is 0 Å². The molecule has 0 saturated carbocycles. The van der Waals surface area contributed by atoms with Gasteiger partial charge in [0.05, 0.1) is 25.1 Å². The number of carbonyl (C=O) groups is 1. The standard InChI is InChI=1S/C20H29N5O2/c1-3-16(4-2)19(24-10-12-27-13-11-24)14-21-20(26)18-15-25(23-22-18)17-8-6-5-7-9-17/h5-9,15-16,19H,3-4,10-14H2,1-2H3,(H,21,26). The Kier molecular flexibility index (Phi) is 6.95. The number of nitrogens with one attached hydrogen (secondary N) is 1. The Labute approximate surface area is 160 Å². The second kappa shape index (κ2) is 9.62. The van der Waals surface area contributed by atoms with Gasteiger partial charge in [-0.1, -0.05) is 50.1 Å². The van der Waals surface area contributed by atoms with E-state index < -0.39 is 0 Å². The van der Waals surface area contributed by atoms with Crippen LogP contribution < -0.4 is 5.32 Å².